The zero-order chi connectivity index (χ0) is 13.9. The highest BCUT2D eigenvalue weighted by Crippen LogP contribution is 2.31. The molecule has 0 saturated heterocycles. The van der Waals surface area contributed by atoms with Gasteiger partial charge in [-0.2, -0.15) is 13.2 Å². The minimum atomic E-state index is -4.45. The summed E-state index contributed by atoms with van der Waals surface area (Å²) in [6, 6.07) is 1.98. The first-order chi connectivity index (χ1) is 8.25. The van der Waals surface area contributed by atoms with Crippen LogP contribution in [0.25, 0.3) is 0 Å². The lowest BCUT2D eigenvalue weighted by Gasteiger charge is -2.13. The molecule has 0 fully saturated rings. The molecule has 18 heavy (non-hydrogen) atoms. The van der Waals surface area contributed by atoms with E-state index in [4.69, 9.17) is 11.5 Å². The number of carbonyl (C=O) groups is 1. The Kier molecular flexibility index (Phi) is 4.18. The maximum Gasteiger partial charge on any atom is 0.416 e. The number of nitrogen functional groups attached to an aromatic ring is 1. The second kappa shape index (κ2) is 5.26. The van der Waals surface area contributed by atoms with E-state index >= 15 is 0 Å². The van der Waals surface area contributed by atoms with Crippen LogP contribution < -0.4 is 11.5 Å². The number of carbonyl (C=O) groups excluding carboxylic acids is 1. The van der Waals surface area contributed by atoms with Gasteiger partial charge in [-0.25, -0.2) is 0 Å². The maximum absolute atomic E-state index is 12.4. The van der Waals surface area contributed by atoms with Crippen LogP contribution in [0.3, 0.4) is 0 Å². The largest absolute Gasteiger partial charge is 0.468 e. The van der Waals surface area contributed by atoms with Gasteiger partial charge in [0.05, 0.1) is 12.7 Å². The molecule has 0 spiro atoms. The van der Waals surface area contributed by atoms with Crippen molar-refractivity contribution in [2.75, 3.05) is 12.8 Å². The molecular weight excluding hydrogens is 249 g/mol. The first kappa shape index (κ1) is 14.3. The molecule has 0 amide bonds. The van der Waals surface area contributed by atoms with Gasteiger partial charge in [0.1, 0.15) is 6.04 Å². The normalized spacial score (nSPS) is 13.2. The number of anilines is 1. The predicted molar refractivity (Wildman–Crippen MR) is 59.6 cm³/mol. The van der Waals surface area contributed by atoms with Crippen molar-refractivity contribution in [3.8, 4) is 0 Å². The van der Waals surface area contributed by atoms with Gasteiger partial charge in [0.2, 0.25) is 0 Å². The second-order valence-electron chi connectivity index (χ2n) is 3.75. The Labute approximate surface area is 102 Å². The van der Waals surface area contributed by atoms with E-state index in [9.17, 15) is 18.0 Å². The number of esters is 1. The van der Waals surface area contributed by atoms with Crippen molar-refractivity contribution in [2.45, 2.75) is 18.6 Å². The second-order valence-corrected chi connectivity index (χ2v) is 3.75. The molecule has 0 unspecified atom stereocenters. The molecule has 100 valence electrons. The first-order valence-electron chi connectivity index (χ1n) is 5.04. The maximum atomic E-state index is 12.4. The summed E-state index contributed by atoms with van der Waals surface area (Å²) in [6.07, 6.45) is -4.42. The summed E-state index contributed by atoms with van der Waals surface area (Å²) in [7, 11) is 1.18. The highest BCUT2D eigenvalue weighted by Gasteiger charge is 2.31. The molecule has 0 aromatic heterocycles. The van der Waals surface area contributed by atoms with Gasteiger partial charge >= 0.3 is 12.1 Å². The van der Waals surface area contributed by atoms with E-state index in [0.717, 1.165) is 12.1 Å². The van der Waals surface area contributed by atoms with Crippen LogP contribution >= 0.6 is 0 Å². The number of rotatable bonds is 3. The van der Waals surface area contributed by atoms with Crippen molar-refractivity contribution >= 4 is 11.7 Å². The SMILES string of the molecule is COC(=O)[C@H](N)Cc1ccc(C(F)(F)F)cc1N. The lowest BCUT2D eigenvalue weighted by molar-refractivity contribution is -0.142. The van der Waals surface area contributed by atoms with Crippen molar-refractivity contribution in [2.24, 2.45) is 5.73 Å². The summed E-state index contributed by atoms with van der Waals surface area (Å²) in [4.78, 5) is 11.1. The lowest BCUT2D eigenvalue weighted by Crippen LogP contribution is -2.33. The summed E-state index contributed by atoms with van der Waals surface area (Å²) in [5.74, 6) is -0.644. The molecule has 0 saturated carbocycles. The zero-order valence-electron chi connectivity index (χ0n) is 9.62. The third-order valence-corrected chi connectivity index (χ3v) is 2.42. The molecular formula is C11H13F3N2O2. The van der Waals surface area contributed by atoms with E-state index < -0.39 is 23.8 Å². The van der Waals surface area contributed by atoms with Gasteiger partial charge in [-0.3, -0.25) is 4.79 Å². The van der Waals surface area contributed by atoms with Crippen LogP contribution in [0.4, 0.5) is 18.9 Å². The van der Waals surface area contributed by atoms with E-state index in [0.29, 0.717) is 5.56 Å². The average Bonchev–Trinajstić information content (AvgIpc) is 2.29. The Morgan fingerprint density at radius 2 is 2.06 bits per heavy atom. The lowest BCUT2D eigenvalue weighted by atomic mass is 10.0. The number of hydrogen-bond donors (Lipinski definition) is 2. The van der Waals surface area contributed by atoms with Crippen molar-refractivity contribution in [1.29, 1.82) is 0 Å². The molecule has 0 aliphatic rings. The van der Waals surface area contributed by atoms with Crippen molar-refractivity contribution < 1.29 is 22.7 Å². The molecule has 4 N–H and O–H groups in total. The van der Waals surface area contributed by atoms with Crippen LogP contribution in [0.15, 0.2) is 18.2 Å². The fraction of sp³-hybridized carbons (Fsp3) is 0.364. The van der Waals surface area contributed by atoms with Crippen LogP contribution in [-0.2, 0) is 22.1 Å². The zero-order valence-corrected chi connectivity index (χ0v) is 9.62. The van der Waals surface area contributed by atoms with E-state index in [1.165, 1.54) is 13.2 Å². The standard InChI is InChI=1S/C11H13F3N2O2/c1-18-10(17)9(16)4-6-2-3-7(5-8(6)15)11(12,13)14/h2-3,5,9H,4,15-16H2,1H3/t9-/m1/s1. The van der Waals surface area contributed by atoms with Crippen LogP contribution in [0.2, 0.25) is 0 Å². The number of alkyl halides is 3. The molecule has 1 aromatic rings. The summed E-state index contributed by atoms with van der Waals surface area (Å²) < 4.78 is 41.6. The molecule has 1 atom stereocenters. The molecule has 7 heteroatoms. The Hall–Kier alpha value is -1.76. The fourth-order valence-electron chi connectivity index (χ4n) is 1.43. The number of benzene rings is 1. The summed E-state index contributed by atoms with van der Waals surface area (Å²) in [5, 5.41) is 0. The molecule has 1 aromatic carbocycles. The molecule has 4 nitrogen and oxygen atoms in total. The Morgan fingerprint density at radius 3 is 2.50 bits per heavy atom. The third kappa shape index (κ3) is 3.36. The Bertz CT molecular complexity index is 446. The van der Waals surface area contributed by atoms with Crippen molar-refractivity contribution in [3.05, 3.63) is 29.3 Å². The average molecular weight is 262 g/mol. The van der Waals surface area contributed by atoms with Gasteiger partial charge in [0, 0.05) is 12.1 Å². The molecule has 0 aliphatic heterocycles. The van der Waals surface area contributed by atoms with Gasteiger partial charge in [-0.1, -0.05) is 6.07 Å². The predicted octanol–water partition coefficient (Wildman–Crippen LogP) is 1.33. The highest BCUT2D eigenvalue weighted by molar-refractivity contribution is 5.76. The summed E-state index contributed by atoms with van der Waals surface area (Å²) in [5.41, 5.74) is 10.5. The number of ether oxygens (including phenoxy) is 1. The monoisotopic (exact) mass is 262 g/mol. The van der Waals surface area contributed by atoms with Gasteiger partial charge in [0.15, 0.2) is 0 Å². The van der Waals surface area contributed by atoms with Crippen LogP contribution in [0, 0.1) is 0 Å². The molecule has 0 aliphatic carbocycles. The molecule has 0 bridgehead atoms. The van der Waals surface area contributed by atoms with Crippen LogP contribution in [0.1, 0.15) is 11.1 Å². The quantitative estimate of drug-likeness (QED) is 0.636. The van der Waals surface area contributed by atoms with E-state index in [1.54, 1.807) is 0 Å². The topological polar surface area (TPSA) is 78.3 Å². The van der Waals surface area contributed by atoms with Crippen molar-refractivity contribution in [3.63, 3.8) is 0 Å². The molecule has 0 radical (unpaired) electrons. The Balaban J connectivity index is 2.90. The summed E-state index contributed by atoms with van der Waals surface area (Å²) in [6.45, 7) is 0. The third-order valence-electron chi connectivity index (χ3n) is 2.42. The highest BCUT2D eigenvalue weighted by atomic mass is 19.4. The first-order valence-corrected chi connectivity index (χ1v) is 5.04. The minimum absolute atomic E-state index is 0.0244. The van der Waals surface area contributed by atoms with Crippen LogP contribution in [-0.4, -0.2) is 19.1 Å². The number of halogens is 3. The van der Waals surface area contributed by atoms with Crippen molar-refractivity contribution in [1.82, 2.24) is 0 Å². The minimum Gasteiger partial charge on any atom is -0.468 e. The van der Waals surface area contributed by atoms with Gasteiger partial charge in [0.25, 0.3) is 0 Å². The van der Waals surface area contributed by atoms with Crippen LogP contribution in [0.5, 0.6) is 0 Å². The van der Waals surface area contributed by atoms with E-state index in [1.807, 2.05) is 0 Å². The van der Waals surface area contributed by atoms with Gasteiger partial charge in [-0.05, 0) is 17.7 Å². The summed E-state index contributed by atoms with van der Waals surface area (Å²) >= 11 is 0. The number of nitrogens with two attached hydrogens (primary N) is 2. The van der Waals surface area contributed by atoms with E-state index in [2.05, 4.69) is 4.74 Å². The molecule has 1 rings (SSSR count). The Morgan fingerprint density at radius 1 is 1.44 bits per heavy atom. The van der Waals surface area contributed by atoms with E-state index in [-0.39, 0.29) is 12.1 Å². The number of methoxy groups -OCH3 is 1. The molecule has 0 heterocycles. The smallest absolute Gasteiger partial charge is 0.416 e. The van der Waals surface area contributed by atoms with Gasteiger partial charge < -0.3 is 16.2 Å². The fourth-order valence-corrected chi connectivity index (χ4v) is 1.43. The number of hydrogen-bond acceptors (Lipinski definition) is 4. The van der Waals surface area contributed by atoms with Gasteiger partial charge in [-0.15, -0.1) is 0 Å².